The van der Waals surface area contributed by atoms with E-state index in [1.54, 1.807) is 0 Å². The molecular formula is C13H25N3O2. The van der Waals surface area contributed by atoms with Gasteiger partial charge in [0.2, 0.25) is 5.91 Å². The summed E-state index contributed by atoms with van der Waals surface area (Å²) in [6.45, 7) is 6.52. The molecule has 1 saturated heterocycles. The van der Waals surface area contributed by atoms with Crippen molar-refractivity contribution >= 4 is 5.91 Å². The lowest BCUT2D eigenvalue weighted by Crippen LogP contribution is -2.47. The lowest BCUT2D eigenvalue weighted by Gasteiger charge is -2.29. The zero-order valence-corrected chi connectivity index (χ0v) is 11.2. The number of ether oxygens (including phenoxy) is 1. The number of nitrogens with zero attached hydrogens (tertiary/aromatic N) is 1. The van der Waals surface area contributed by atoms with E-state index < -0.39 is 0 Å². The SMILES string of the molecule is CC(CN1CCOCC1)NC(=O)C1CCC(N)C1. The largest absolute Gasteiger partial charge is 0.379 e. The van der Waals surface area contributed by atoms with E-state index in [2.05, 4.69) is 17.1 Å². The van der Waals surface area contributed by atoms with Crippen molar-refractivity contribution in [3.8, 4) is 0 Å². The molecule has 0 aromatic heterocycles. The van der Waals surface area contributed by atoms with Crippen molar-refractivity contribution in [3.63, 3.8) is 0 Å². The van der Waals surface area contributed by atoms with Gasteiger partial charge in [0, 0.05) is 37.6 Å². The second-order valence-electron chi connectivity index (χ2n) is 5.59. The first-order valence-corrected chi connectivity index (χ1v) is 7.01. The van der Waals surface area contributed by atoms with Crippen LogP contribution < -0.4 is 11.1 Å². The third kappa shape index (κ3) is 3.93. The summed E-state index contributed by atoms with van der Waals surface area (Å²) in [5.41, 5.74) is 5.84. The number of hydrogen-bond acceptors (Lipinski definition) is 4. The van der Waals surface area contributed by atoms with Crippen molar-refractivity contribution in [1.29, 1.82) is 0 Å². The summed E-state index contributed by atoms with van der Waals surface area (Å²) >= 11 is 0. The molecule has 1 amide bonds. The van der Waals surface area contributed by atoms with E-state index >= 15 is 0 Å². The van der Waals surface area contributed by atoms with Crippen LogP contribution in [-0.2, 0) is 9.53 Å². The van der Waals surface area contributed by atoms with Gasteiger partial charge in [0.25, 0.3) is 0 Å². The normalized spacial score (nSPS) is 31.2. The minimum Gasteiger partial charge on any atom is -0.379 e. The first kappa shape index (κ1) is 13.8. The summed E-state index contributed by atoms with van der Waals surface area (Å²) in [5.74, 6) is 0.316. The molecule has 5 nitrogen and oxygen atoms in total. The van der Waals surface area contributed by atoms with Gasteiger partial charge in [-0.05, 0) is 26.2 Å². The molecule has 1 saturated carbocycles. The van der Waals surface area contributed by atoms with Gasteiger partial charge in [-0.3, -0.25) is 9.69 Å². The van der Waals surface area contributed by atoms with Crippen molar-refractivity contribution in [3.05, 3.63) is 0 Å². The lowest BCUT2D eigenvalue weighted by atomic mass is 10.1. The Morgan fingerprint density at radius 1 is 1.44 bits per heavy atom. The molecule has 18 heavy (non-hydrogen) atoms. The van der Waals surface area contributed by atoms with Gasteiger partial charge in [0.15, 0.2) is 0 Å². The van der Waals surface area contributed by atoms with Gasteiger partial charge in [-0.2, -0.15) is 0 Å². The number of hydrogen-bond donors (Lipinski definition) is 2. The molecule has 0 spiro atoms. The van der Waals surface area contributed by atoms with Crippen LogP contribution in [0.3, 0.4) is 0 Å². The molecule has 3 unspecified atom stereocenters. The zero-order chi connectivity index (χ0) is 13.0. The number of carbonyl (C=O) groups is 1. The fourth-order valence-corrected chi connectivity index (χ4v) is 2.83. The summed E-state index contributed by atoms with van der Waals surface area (Å²) in [4.78, 5) is 14.4. The monoisotopic (exact) mass is 255 g/mol. The number of nitrogens with one attached hydrogen (secondary N) is 1. The number of morpholine rings is 1. The van der Waals surface area contributed by atoms with Gasteiger partial charge in [-0.15, -0.1) is 0 Å². The number of rotatable bonds is 4. The van der Waals surface area contributed by atoms with E-state index in [1.807, 2.05) is 0 Å². The molecule has 3 N–H and O–H groups in total. The fraction of sp³-hybridized carbons (Fsp3) is 0.923. The van der Waals surface area contributed by atoms with E-state index in [4.69, 9.17) is 10.5 Å². The molecule has 0 aromatic carbocycles. The molecule has 2 rings (SSSR count). The minimum atomic E-state index is 0.132. The maximum Gasteiger partial charge on any atom is 0.223 e. The van der Waals surface area contributed by atoms with Gasteiger partial charge in [0.05, 0.1) is 13.2 Å². The smallest absolute Gasteiger partial charge is 0.223 e. The van der Waals surface area contributed by atoms with Crippen LogP contribution in [0.15, 0.2) is 0 Å². The summed E-state index contributed by atoms with van der Waals surface area (Å²) in [7, 11) is 0. The van der Waals surface area contributed by atoms with Gasteiger partial charge >= 0.3 is 0 Å². The van der Waals surface area contributed by atoms with Gasteiger partial charge in [-0.25, -0.2) is 0 Å². The van der Waals surface area contributed by atoms with Gasteiger partial charge in [0.1, 0.15) is 0 Å². The first-order valence-electron chi connectivity index (χ1n) is 7.01. The average molecular weight is 255 g/mol. The Labute approximate surface area is 109 Å². The van der Waals surface area contributed by atoms with Crippen LogP contribution in [0.1, 0.15) is 26.2 Å². The van der Waals surface area contributed by atoms with Crippen LogP contribution in [0.5, 0.6) is 0 Å². The predicted octanol–water partition coefficient (Wildman–Crippen LogP) is -0.0493. The maximum atomic E-state index is 12.0. The molecule has 0 aromatic rings. The van der Waals surface area contributed by atoms with E-state index in [0.717, 1.165) is 52.1 Å². The summed E-state index contributed by atoms with van der Waals surface area (Å²) in [5, 5.41) is 3.11. The zero-order valence-electron chi connectivity index (χ0n) is 11.2. The molecule has 2 fully saturated rings. The highest BCUT2D eigenvalue weighted by atomic mass is 16.5. The standard InChI is InChI=1S/C13H25N3O2/c1-10(9-16-4-6-18-7-5-16)15-13(17)11-2-3-12(14)8-11/h10-12H,2-9,14H2,1H3,(H,15,17). The molecular weight excluding hydrogens is 230 g/mol. The summed E-state index contributed by atoms with van der Waals surface area (Å²) in [6, 6.07) is 0.419. The van der Waals surface area contributed by atoms with E-state index in [9.17, 15) is 4.79 Å². The quantitative estimate of drug-likeness (QED) is 0.739. The van der Waals surface area contributed by atoms with Gasteiger partial charge in [-0.1, -0.05) is 0 Å². The Kier molecular flexibility index (Phi) is 4.97. The summed E-state index contributed by atoms with van der Waals surface area (Å²) < 4.78 is 5.31. The van der Waals surface area contributed by atoms with Crippen molar-refractivity contribution in [2.75, 3.05) is 32.8 Å². The molecule has 3 atom stereocenters. The molecule has 104 valence electrons. The van der Waals surface area contributed by atoms with Crippen molar-refractivity contribution in [1.82, 2.24) is 10.2 Å². The van der Waals surface area contributed by atoms with Crippen LogP contribution in [0.2, 0.25) is 0 Å². The first-order chi connectivity index (χ1) is 8.65. The third-order valence-corrected chi connectivity index (χ3v) is 3.87. The molecule has 1 aliphatic carbocycles. The third-order valence-electron chi connectivity index (χ3n) is 3.87. The number of amides is 1. The number of carbonyl (C=O) groups excluding carboxylic acids is 1. The topological polar surface area (TPSA) is 67.6 Å². The maximum absolute atomic E-state index is 12.0. The van der Waals surface area contributed by atoms with Crippen molar-refractivity contribution in [2.24, 2.45) is 11.7 Å². The highest BCUT2D eigenvalue weighted by molar-refractivity contribution is 5.79. The van der Waals surface area contributed by atoms with Crippen LogP contribution in [0.25, 0.3) is 0 Å². The predicted molar refractivity (Wildman–Crippen MR) is 70.2 cm³/mol. The van der Waals surface area contributed by atoms with Crippen molar-refractivity contribution < 1.29 is 9.53 Å². The average Bonchev–Trinajstić information content (AvgIpc) is 2.77. The van der Waals surface area contributed by atoms with Crippen LogP contribution in [0, 0.1) is 5.92 Å². The lowest BCUT2D eigenvalue weighted by molar-refractivity contribution is -0.125. The molecule has 0 radical (unpaired) electrons. The molecule has 1 aliphatic heterocycles. The molecule has 5 heteroatoms. The second kappa shape index (κ2) is 6.50. The Bertz CT molecular complexity index is 279. The van der Waals surface area contributed by atoms with Gasteiger partial charge < -0.3 is 15.8 Å². The van der Waals surface area contributed by atoms with Crippen LogP contribution in [-0.4, -0.2) is 55.7 Å². The highest BCUT2D eigenvalue weighted by Gasteiger charge is 2.28. The highest BCUT2D eigenvalue weighted by Crippen LogP contribution is 2.24. The van der Waals surface area contributed by atoms with Crippen LogP contribution >= 0.6 is 0 Å². The minimum absolute atomic E-state index is 0.132. The Morgan fingerprint density at radius 2 is 2.17 bits per heavy atom. The van der Waals surface area contributed by atoms with E-state index in [0.29, 0.717) is 0 Å². The Hall–Kier alpha value is -0.650. The molecule has 1 heterocycles. The van der Waals surface area contributed by atoms with E-state index in [-0.39, 0.29) is 23.9 Å². The molecule has 0 bridgehead atoms. The van der Waals surface area contributed by atoms with E-state index in [1.165, 1.54) is 0 Å². The second-order valence-corrected chi connectivity index (χ2v) is 5.59. The van der Waals surface area contributed by atoms with Crippen LogP contribution in [0.4, 0.5) is 0 Å². The number of nitrogens with two attached hydrogens (primary N) is 1. The van der Waals surface area contributed by atoms with Crippen molar-refractivity contribution in [2.45, 2.75) is 38.3 Å². The Morgan fingerprint density at radius 3 is 2.78 bits per heavy atom. The molecule has 2 aliphatic rings. The fourth-order valence-electron chi connectivity index (χ4n) is 2.83. The Balaban J connectivity index is 1.69. The summed E-state index contributed by atoms with van der Waals surface area (Å²) in [6.07, 6.45) is 2.77.